The van der Waals surface area contributed by atoms with Crippen molar-refractivity contribution in [1.29, 1.82) is 0 Å². The number of amides is 3. The summed E-state index contributed by atoms with van der Waals surface area (Å²) in [4.78, 5) is 44.9. The predicted octanol–water partition coefficient (Wildman–Crippen LogP) is 0.288. The Morgan fingerprint density at radius 1 is 1.03 bits per heavy atom. The summed E-state index contributed by atoms with van der Waals surface area (Å²) in [5.41, 5.74) is 0.0108. The molecule has 4 heterocycles. The molecule has 0 aromatic heterocycles. The number of likely N-dealkylation sites (tertiary alicyclic amines) is 1. The van der Waals surface area contributed by atoms with E-state index in [2.05, 4.69) is 15.5 Å². The van der Waals surface area contributed by atoms with Crippen molar-refractivity contribution < 1.29 is 29.0 Å². The Morgan fingerprint density at radius 3 is 2.58 bits per heavy atom. The summed E-state index contributed by atoms with van der Waals surface area (Å²) in [6, 6.07) is 8.92. The number of rotatable bonds is 12. The first-order valence-corrected chi connectivity index (χ1v) is 14.0. The van der Waals surface area contributed by atoms with Gasteiger partial charge in [-0.3, -0.25) is 19.3 Å². The summed E-state index contributed by atoms with van der Waals surface area (Å²) in [6.45, 7) is 5.15. The van der Waals surface area contributed by atoms with E-state index in [1.165, 1.54) is 0 Å². The Bertz CT molecular complexity index is 987. The maximum atomic E-state index is 13.9. The molecule has 1 aromatic rings. The Kier molecular flexibility index (Phi) is 8.62. The summed E-state index contributed by atoms with van der Waals surface area (Å²) < 4.78 is 11.9. The second-order valence-electron chi connectivity index (χ2n) is 10.8. The largest absolute Gasteiger partial charge is 0.396 e. The maximum absolute atomic E-state index is 13.9. The van der Waals surface area contributed by atoms with Crippen LogP contribution in [0.3, 0.4) is 0 Å². The van der Waals surface area contributed by atoms with Crippen molar-refractivity contribution in [3.63, 3.8) is 0 Å². The summed E-state index contributed by atoms with van der Waals surface area (Å²) in [6.07, 6.45) is 2.97. The zero-order valence-electron chi connectivity index (χ0n) is 22.0. The summed E-state index contributed by atoms with van der Waals surface area (Å²) in [5, 5.41) is 15.3. The van der Waals surface area contributed by atoms with Crippen LogP contribution < -0.4 is 10.6 Å². The number of hydrogen-bond donors (Lipinski definition) is 3. The van der Waals surface area contributed by atoms with Gasteiger partial charge in [0.05, 0.1) is 31.2 Å². The van der Waals surface area contributed by atoms with Crippen LogP contribution in [-0.2, 0) is 30.4 Å². The van der Waals surface area contributed by atoms with Crippen molar-refractivity contribution in [3.8, 4) is 0 Å². The SMILES string of the molecule is O=C(NCCN1CCOCC1)C1N(CCCCCO)C(=O)[C@@H]2[C@@H](C(=O)NCc3ccccc3)[C@H]3CCC12O3. The van der Waals surface area contributed by atoms with E-state index in [-0.39, 0.29) is 30.4 Å². The Hall–Kier alpha value is -2.53. The molecule has 2 bridgehead atoms. The highest BCUT2D eigenvalue weighted by Crippen LogP contribution is 2.58. The number of ether oxygens (including phenoxy) is 2. The monoisotopic (exact) mass is 528 g/mol. The van der Waals surface area contributed by atoms with Gasteiger partial charge in [0.2, 0.25) is 17.7 Å². The summed E-state index contributed by atoms with van der Waals surface area (Å²) in [7, 11) is 0. The van der Waals surface area contributed by atoms with Crippen molar-refractivity contribution in [2.75, 3.05) is 52.5 Å². The van der Waals surface area contributed by atoms with E-state index in [1.54, 1.807) is 4.90 Å². The number of nitrogens with zero attached hydrogens (tertiary/aromatic N) is 2. The van der Waals surface area contributed by atoms with Gasteiger partial charge in [-0.2, -0.15) is 0 Å². The van der Waals surface area contributed by atoms with E-state index in [4.69, 9.17) is 9.47 Å². The molecule has 2 unspecified atom stereocenters. The van der Waals surface area contributed by atoms with Gasteiger partial charge in [-0.15, -0.1) is 0 Å². The van der Waals surface area contributed by atoms with Crippen molar-refractivity contribution in [3.05, 3.63) is 35.9 Å². The maximum Gasteiger partial charge on any atom is 0.245 e. The molecule has 4 fully saturated rings. The van der Waals surface area contributed by atoms with Gasteiger partial charge in [-0.25, -0.2) is 0 Å². The van der Waals surface area contributed by atoms with E-state index >= 15 is 0 Å². The lowest BCUT2D eigenvalue weighted by Gasteiger charge is -2.34. The number of hydrogen-bond acceptors (Lipinski definition) is 7. The minimum absolute atomic E-state index is 0.0976. The lowest BCUT2D eigenvalue weighted by Crippen LogP contribution is -2.56. The molecule has 10 heteroatoms. The predicted molar refractivity (Wildman–Crippen MR) is 139 cm³/mol. The van der Waals surface area contributed by atoms with Gasteiger partial charge in [0, 0.05) is 45.9 Å². The second-order valence-corrected chi connectivity index (χ2v) is 10.8. The fourth-order valence-corrected chi connectivity index (χ4v) is 6.73. The summed E-state index contributed by atoms with van der Waals surface area (Å²) >= 11 is 0. The van der Waals surface area contributed by atoms with Crippen LogP contribution in [0.15, 0.2) is 30.3 Å². The van der Waals surface area contributed by atoms with Gasteiger partial charge in [0.15, 0.2) is 0 Å². The molecule has 0 aliphatic carbocycles. The van der Waals surface area contributed by atoms with Crippen LogP contribution in [0.4, 0.5) is 0 Å². The molecule has 4 saturated heterocycles. The van der Waals surface area contributed by atoms with Crippen LogP contribution in [0.5, 0.6) is 0 Å². The highest BCUT2D eigenvalue weighted by molar-refractivity contribution is 5.98. The first kappa shape index (κ1) is 27.1. The Balaban J connectivity index is 1.30. The van der Waals surface area contributed by atoms with Crippen LogP contribution in [0.2, 0.25) is 0 Å². The lowest BCUT2D eigenvalue weighted by atomic mass is 9.70. The molecule has 0 saturated carbocycles. The van der Waals surface area contributed by atoms with Crippen LogP contribution >= 0.6 is 0 Å². The average molecular weight is 529 g/mol. The normalized spacial score (nSPS) is 30.4. The van der Waals surface area contributed by atoms with Crippen molar-refractivity contribution >= 4 is 17.7 Å². The van der Waals surface area contributed by atoms with Gasteiger partial charge < -0.3 is 30.1 Å². The zero-order chi connectivity index (χ0) is 26.5. The minimum atomic E-state index is -0.976. The van der Waals surface area contributed by atoms with E-state index < -0.39 is 23.5 Å². The molecule has 5 atom stereocenters. The zero-order valence-corrected chi connectivity index (χ0v) is 22.0. The van der Waals surface area contributed by atoms with Gasteiger partial charge in [-0.1, -0.05) is 30.3 Å². The third-order valence-electron chi connectivity index (χ3n) is 8.55. The molecule has 10 nitrogen and oxygen atoms in total. The molecule has 1 spiro atoms. The molecule has 0 radical (unpaired) electrons. The smallest absolute Gasteiger partial charge is 0.245 e. The quantitative estimate of drug-likeness (QED) is 0.334. The molecular formula is C28H40N4O6. The number of aliphatic hydroxyl groups is 1. The number of unbranched alkanes of at least 4 members (excludes halogenated alkanes) is 2. The molecule has 3 N–H and O–H groups in total. The second kappa shape index (κ2) is 12.1. The van der Waals surface area contributed by atoms with Crippen LogP contribution in [0, 0.1) is 11.8 Å². The van der Waals surface area contributed by atoms with Gasteiger partial charge >= 0.3 is 0 Å². The average Bonchev–Trinajstić information content (AvgIpc) is 3.58. The molecule has 5 rings (SSSR count). The van der Waals surface area contributed by atoms with Crippen molar-refractivity contribution in [1.82, 2.24) is 20.4 Å². The number of benzene rings is 1. The van der Waals surface area contributed by atoms with Gasteiger partial charge in [-0.05, 0) is 37.7 Å². The van der Waals surface area contributed by atoms with E-state index in [0.717, 1.165) is 31.6 Å². The minimum Gasteiger partial charge on any atom is -0.396 e. The third-order valence-corrected chi connectivity index (χ3v) is 8.55. The highest BCUT2D eigenvalue weighted by Gasteiger charge is 2.74. The fraction of sp³-hybridized carbons (Fsp3) is 0.679. The van der Waals surface area contributed by atoms with E-state index in [1.807, 2.05) is 30.3 Å². The molecule has 38 heavy (non-hydrogen) atoms. The van der Waals surface area contributed by atoms with Gasteiger partial charge in [0.25, 0.3) is 0 Å². The Morgan fingerprint density at radius 2 is 1.82 bits per heavy atom. The first-order chi connectivity index (χ1) is 18.5. The molecule has 4 aliphatic heterocycles. The first-order valence-electron chi connectivity index (χ1n) is 14.0. The van der Waals surface area contributed by atoms with Crippen LogP contribution in [-0.4, -0.2) is 103 Å². The summed E-state index contributed by atoms with van der Waals surface area (Å²) in [5.74, 6) is -1.82. The number of carbonyl (C=O) groups is 3. The van der Waals surface area contributed by atoms with Gasteiger partial charge in [0.1, 0.15) is 11.6 Å². The highest BCUT2D eigenvalue weighted by atomic mass is 16.5. The van der Waals surface area contributed by atoms with Crippen molar-refractivity contribution in [2.45, 2.75) is 56.4 Å². The number of fused-ring (bicyclic) bond motifs is 1. The number of aliphatic hydroxyl groups excluding tert-OH is 1. The fourth-order valence-electron chi connectivity index (χ4n) is 6.73. The Labute approximate surface area is 224 Å². The number of carbonyl (C=O) groups excluding carboxylic acids is 3. The number of morpholine rings is 1. The molecule has 3 amide bonds. The van der Waals surface area contributed by atoms with Crippen LogP contribution in [0.1, 0.15) is 37.7 Å². The standard InChI is InChI=1S/C28H40N4O6/c33-16-6-2-5-12-32-24(26(35)29-11-13-31-14-17-37-18-15-31)28-10-9-21(38-28)22(23(28)27(32)36)25(34)30-19-20-7-3-1-4-8-20/h1,3-4,7-8,21-24,33H,2,5-6,9-19H2,(H,29,35)(H,30,34)/t21-,22+,23+,24?,28?/m1/s1. The van der Waals surface area contributed by atoms with E-state index in [9.17, 15) is 19.5 Å². The molecule has 1 aromatic carbocycles. The molecule has 208 valence electrons. The number of nitrogens with one attached hydrogen (secondary N) is 2. The third kappa shape index (κ3) is 5.32. The van der Waals surface area contributed by atoms with Crippen molar-refractivity contribution in [2.24, 2.45) is 11.8 Å². The molecule has 4 aliphatic rings. The van der Waals surface area contributed by atoms with E-state index in [0.29, 0.717) is 58.5 Å². The lowest BCUT2D eigenvalue weighted by molar-refractivity contribution is -0.142. The van der Waals surface area contributed by atoms with Crippen LogP contribution in [0.25, 0.3) is 0 Å². The molecular weight excluding hydrogens is 488 g/mol. The topological polar surface area (TPSA) is 120 Å².